The molecule has 0 unspecified atom stereocenters. The normalized spacial score (nSPS) is 15.9. The lowest BCUT2D eigenvalue weighted by Gasteiger charge is -2.02. The van der Waals surface area contributed by atoms with E-state index in [1.165, 1.54) is 35.0 Å². The second-order valence-corrected chi connectivity index (χ2v) is 4.63. The van der Waals surface area contributed by atoms with E-state index in [-0.39, 0.29) is 0 Å². The van der Waals surface area contributed by atoms with Crippen LogP contribution in [0, 0.1) is 0 Å². The zero-order valence-electron chi connectivity index (χ0n) is 9.61. The molecule has 0 saturated heterocycles. The second kappa shape index (κ2) is 3.59. The first-order chi connectivity index (χ1) is 7.81. The summed E-state index contributed by atoms with van der Waals surface area (Å²) in [5, 5.41) is 6.03. The van der Waals surface area contributed by atoms with Crippen molar-refractivity contribution in [1.29, 1.82) is 0 Å². The van der Waals surface area contributed by atoms with Crippen molar-refractivity contribution in [3.05, 3.63) is 29.5 Å². The van der Waals surface area contributed by atoms with Crippen molar-refractivity contribution in [2.45, 2.75) is 25.2 Å². The number of hydrogen-bond donors (Lipinski definition) is 1. The molecule has 84 valence electrons. The summed E-state index contributed by atoms with van der Waals surface area (Å²) in [7, 11) is 2.03. The molecule has 1 fully saturated rings. The largest absolute Gasteiger partial charge is 0.330 e. The van der Waals surface area contributed by atoms with Crippen LogP contribution in [0.3, 0.4) is 0 Å². The van der Waals surface area contributed by atoms with E-state index < -0.39 is 0 Å². The van der Waals surface area contributed by atoms with Gasteiger partial charge >= 0.3 is 0 Å². The fourth-order valence-corrected chi connectivity index (χ4v) is 2.42. The van der Waals surface area contributed by atoms with E-state index in [4.69, 9.17) is 5.73 Å². The molecular weight excluding hydrogens is 198 g/mol. The van der Waals surface area contributed by atoms with Gasteiger partial charge in [-0.15, -0.1) is 0 Å². The van der Waals surface area contributed by atoms with E-state index in [9.17, 15) is 0 Å². The minimum atomic E-state index is 0.697. The van der Waals surface area contributed by atoms with Gasteiger partial charge < -0.3 is 5.73 Å². The Kier molecular flexibility index (Phi) is 2.21. The van der Waals surface area contributed by atoms with Crippen molar-refractivity contribution in [3.63, 3.8) is 0 Å². The minimum Gasteiger partial charge on any atom is -0.330 e. The van der Waals surface area contributed by atoms with Crippen LogP contribution in [0.25, 0.3) is 10.9 Å². The summed E-state index contributed by atoms with van der Waals surface area (Å²) in [6.07, 6.45) is 3.54. The van der Waals surface area contributed by atoms with Gasteiger partial charge in [0.25, 0.3) is 0 Å². The van der Waals surface area contributed by atoms with Gasteiger partial charge in [0.1, 0.15) is 0 Å². The second-order valence-electron chi connectivity index (χ2n) is 4.63. The van der Waals surface area contributed by atoms with Crippen LogP contribution in [-0.2, 0) is 13.5 Å². The molecule has 1 aromatic carbocycles. The third-order valence-corrected chi connectivity index (χ3v) is 3.37. The molecule has 1 saturated carbocycles. The molecule has 3 heteroatoms. The highest BCUT2D eigenvalue weighted by atomic mass is 15.3. The number of rotatable bonds is 3. The molecule has 0 atom stereocenters. The van der Waals surface area contributed by atoms with Crippen LogP contribution < -0.4 is 5.73 Å². The molecule has 1 aliphatic carbocycles. The summed E-state index contributed by atoms with van der Waals surface area (Å²) < 4.78 is 2.00. The SMILES string of the molecule is Cn1nc(C2CC2)c2c(CCN)cccc21. The van der Waals surface area contributed by atoms with Crippen molar-refractivity contribution < 1.29 is 0 Å². The Morgan fingerprint density at radius 2 is 2.25 bits per heavy atom. The van der Waals surface area contributed by atoms with Crippen LogP contribution in [0.5, 0.6) is 0 Å². The van der Waals surface area contributed by atoms with E-state index >= 15 is 0 Å². The first-order valence-electron chi connectivity index (χ1n) is 5.96. The van der Waals surface area contributed by atoms with E-state index in [1.807, 2.05) is 11.7 Å². The molecule has 0 aliphatic heterocycles. The molecular formula is C13H17N3. The zero-order valence-corrected chi connectivity index (χ0v) is 9.61. The lowest BCUT2D eigenvalue weighted by Crippen LogP contribution is -2.03. The number of nitrogens with two attached hydrogens (primary N) is 1. The first kappa shape index (κ1) is 9.85. The van der Waals surface area contributed by atoms with Gasteiger partial charge in [-0.2, -0.15) is 5.10 Å². The average molecular weight is 215 g/mol. The number of nitrogens with zero attached hydrogens (tertiary/aromatic N) is 2. The lowest BCUT2D eigenvalue weighted by atomic mass is 10.0. The first-order valence-corrected chi connectivity index (χ1v) is 5.96. The molecule has 2 aromatic rings. The standard InChI is InChI=1S/C13H17N3/c1-16-11-4-2-3-9(7-8-14)12(11)13(15-16)10-5-6-10/h2-4,10H,5-8,14H2,1H3. The van der Waals surface area contributed by atoms with E-state index in [0.717, 1.165) is 6.42 Å². The summed E-state index contributed by atoms with van der Waals surface area (Å²) in [6, 6.07) is 6.43. The van der Waals surface area contributed by atoms with Gasteiger partial charge in [0.15, 0.2) is 0 Å². The molecule has 1 aliphatic rings. The van der Waals surface area contributed by atoms with Gasteiger partial charge in [0.2, 0.25) is 0 Å². The van der Waals surface area contributed by atoms with Crippen LogP contribution in [0.4, 0.5) is 0 Å². The highest BCUT2D eigenvalue weighted by Gasteiger charge is 2.29. The Bertz CT molecular complexity index is 523. The van der Waals surface area contributed by atoms with E-state index in [1.54, 1.807) is 0 Å². The van der Waals surface area contributed by atoms with Gasteiger partial charge in [-0.05, 0) is 37.4 Å². The molecule has 1 heterocycles. The van der Waals surface area contributed by atoms with Crippen LogP contribution in [0.2, 0.25) is 0 Å². The van der Waals surface area contributed by atoms with Gasteiger partial charge in [-0.25, -0.2) is 0 Å². The molecule has 3 nitrogen and oxygen atoms in total. The van der Waals surface area contributed by atoms with Crippen LogP contribution in [-0.4, -0.2) is 16.3 Å². The topological polar surface area (TPSA) is 43.8 Å². The maximum absolute atomic E-state index is 5.67. The lowest BCUT2D eigenvalue weighted by molar-refractivity contribution is 0.767. The number of aromatic nitrogens is 2. The Balaban J connectivity index is 2.25. The van der Waals surface area contributed by atoms with Gasteiger partial charge in [-0.3, -0.25) is 4.68 Å². The fraction of sp³-hybridized carbons (Fsp3) is 0.462. The molecule has 1 aromatic heterocycles. The van der Waals surface area contributed by atoms with Gasteiger partial charge in [0.05, 0.1) is 11.2 Å². The third-order valence-electron chi connectivity index (χ3n) is 3.37. The van der Waals surface area contributed by atoms with Crippen molar-refractivity contribution >= 4 is 10.9 Å². The summed E-state index contributed by atoms with van der Waals surface area (Å²) >= 11 is 0. The van der Waals surface area contributed by atoms with Crippen LogP contribution >= 0.6 is 0 Å². The molecule has 16 heavy (non-hydrogen) atoms. The highest BCUT2D eigenvalue weighted by molar-refractivity contribution is 5.86. The monoisotopic (exact) mass is 215 g/mol. The number of aryl methyl sites for hydroxylation is 1. The predicted octanol–water partition coefficient (Wildman–Crippen LogP) is 1.95. The van der Waals surface area contributed by atoms with Gasteiger partial charge in [0, 0.05) is 18.4 Å². The van der Waals surface area contributed by atoms with Crippen LogP contribution in [0.15, 0.2) is 18.2 Å². The predicted molar refractivity (Wildman–Crippen MR) is 65.4 cm³/mol. The van der Waals surface area contributed by atoms with Crippen molar-refractivity contribution in [2.24, 2.45) is 12.8 Å². The quantitative estimate of drug-likeness (QED) is 0.850. The minimum absolute atomic E-state index is 0.697. The van der Waals surface area contributed by atoms with E-state index in [0.29, 0.717) is 12.5 Å². The Morgan fingerprint density at radius 3 is 2.94 bits per heavy atom. The summed E-state index contributed by atoms with van der Waals surface area (Å²) in [4.78, 5) is 0. The average Bonchev–Trinajstić information content (AvgIpc) is 3.06. The van der Waals surface area contributed by atoms with Crippen molar-refractivity contribution in [2.75, 3.05) is 6.54 Å². The maximum atomic E-state index is 5.67. The van der Waals surface area contributed by atoms with E-state index in [2.05, 4.69) is 23.3 Å². The summed E-state index contributed by atoms with van der Waals surface area (Å²) in [6.45, 7) is 0.706. The molecule has 0 amide bonds. The number of hydrogen-bond acceptors (Lipinski definition) is 2. The zero-order chi connectivity index (χ0) is 11.1. The number of fused-ring (bicyclic) bond motifs is 1. The Morgan fingerprint density at radius 1 is 1.44 bits per heavy atom. The molecule has 0 bridgehead atoms. The smallest absolute Gasteiger partial charge is 0.0736 e. The maximum Gasteiger partial charge on any atom is 0.0736 e. The van der Waals surface area contributed by atoms with Crippen molar-refractivity contribution in [3.8, 4) is 0 Å². The molecule has 3 rings (SSSR count). The van der Waals surface area contributed by atoms with Crippen LogP contribution in [0.1, 0.15) is 30.0 Å². The summed E-state index contributed by atoms with van der Waals surface area (Å²) in [5.74, 6) is 0.697. The van der Waals surface area contributed by atoms with Gasteiger partial charge in [-0.1, -0.05) is 12.1 Å². The highest BCUT2D eigenvalue weighted by Crippen LogP contribution is 2.43. The third kappa shape index (κ3) is 1.43. The van der Waals surface area contributed by atoms with Crippen molar-refractivity contribution in [1.82, 2.24) is 9.78 Å². The molecule has 0 radical (unpaired) electrons. The molecule has 2 N–H and O–H groups in total. The number of benzene rings is 1. The molecule has 0 spiro atoms. The Hall–Kier alpha value is -1.35. The Labute approximate surface area is 95.2 Å². The summed E-state index contributed by atoms with van der Waals surface area (Å²) in [5.41, 5.74) is 9.57. The fourth-order valence-electron chi connectivity index (χ4n) is 2.42.